The van der Waals surface area contributed by atoms with Gasteiger partial charge in [-0.25, -0.2) is 4.79 Å². The largest absolute Gasteiger partial charge is 0.339 e. The minimum Gasteiger partial charge on any atom is -0.339 e. The Bertz CT molecular complexity index is 529. The molecule has 0 fully saturated rings. The Balaban J connectivity index is 3.01. The molecule has 0 aromatic heterocycles. The molecule has 0 bridgehead atoms. The van der Waals surface area contributed by atoms with Crippen LogP contribution in [0.4, 0.5) is 5.69 Å². The molecule has 0 saturated carbocycles. The number of hydrogen-bond donors (Lipinski definition) is 1. The second kappa shape index (κ2) is 8.73. The summed E-state index contributed by atoms with van der Waals surface area (Å²) in [6.45, 7) is 10.6. The summed E-state index contributed by atoms with van der Waals surface area (Å²) in [4.78, 5) is 16.7. The van der Waals surface area contributed by atoms with Crippen molar-refractivity contribution >= 4 is 29.0 Å². The molecule has 0 aliphatic heterocycles. The molecule has 0 spiro atoms. The van der Waals surface area contributed by atoms with E-state index < -0.39 is 0 Å². The van der Waals surface area contributed by atoms with Crippen molar-refractivity contribution in [3.8, 4) is 0 Å². The number of carbonyl (C=O) groups excluding carboxylic acids is 1. The fraction of sp³-hybridized carbons (Fsp3) is 0.529. The molecule has 1 rings (SSSR count). The molecule has 0 saturated heterocycles. The maximum Gasteiger partial charge on any atom is 0.332 e. The third kappa shape index (κ3) is 4.70. The number of anilines is 1. The van der Waals surface area contributed by atoms with Gasteiger partial charge < -0.3 is 10.2 Å². The minimum absolute atomic E-state index is 0.293. The van der Waals surface area contributed by atoms with Gasteiger partial charge in [0.25, 0.3) is 0 Å². The summed E-state index contributed by atoms with van der Waals surface area (Å²) < 4.78 is 0. The van der Waals surface area contributed by atoms with E-state index in [0.717, 1.165) is 12.1 Å². The molecule has 1 N–H and O–H groups in total. The van der Waals surface area contributed by atoms with E-state index >= 15 is 0 Å². The number of nitrogens with one attached hydrogen (secondary N) is 1. The van der Waals surface area contributed by atoms with Crippen LogP contribution < -0.4 is 5.32 Å². The lowest BCUT2D eigenvalue weighted by molar-refractivity contribution is -0.171. The van der Waals surface area contributed by atoms with Crippen LogP contribution in [-0.2, 0) is 16.1 Å². The molecule has 0 aliphatic carbocycles. The van der Waals surface area contributed by atoms with E-state index in [-0.39, 0.29) is 5.97 Å². The Morgan fingerprint density at radius 3 is 2.50 bits per heavy atom. The Kier molecular flexibility index (Phi) is 7.32. The number of hydroxylamine groups is 2. The van der Waals surface area contributed by atoms with Gasteiger partial charge in [-0.3, -0.25) is 0 Å². The van der Waals surface area contributed by atoms with Crippen molar-refractivity contribution in [1.82, 2.24) is 5.06 Å². The molecule has 0 unspecified atom stereocenters. The van der Waals surface area contributed by atoms with E-state index in [0.29, 0.717) is 24.0 Å². The van der Waals surface area contributed by atoms with E-state index in [2.05, 4.69) is 44.3 Å². The number of hydrogen-bond acceptors (Lipinski definition) is 3. The highest BCUT2D eigenvalue weighted by atomic mass is 32.1. The van der Waals surface area contributed by atoms with Crippen molar-refractivity contribution in [3.05, 3.63) is 29.3 Å². The first kappa shape index (κ1) is 18.4. The Morgan fingerprint density at radius 1 is 1.32 bits per heavy atom. The summed E-state index contributed by atoms with van der Waals surface area (Å²) in [5.74, 6) is 0.0870. The van der Waals surface area contributed by atoms with E-state index in [1.54, 1.807) is 6.92 Å². The summed E-state index contributed by atoms with van der Waals surface area (Å²) in [6.07, 6.45) is 1.23. The highest BCUT2D eigenvalue weighted by molar-refractivity contribution is 7.80. The maximum atomic E-state index is 11.5. The number of nitrogens with zero attached hydrogens (tertiary/aromatic N) is 1. The van der Waals surface area contributed by atoms with Gasteiger partial charge in [0.2, 0.25) is 5.11 Å². The van der Waals surface area contributed by atoms with Gasteiger partial charge in [-0.05, 0) is 42.6 Å². The molecule has 5 heteroatoms. The minimum atomic E-state index is -0.293. The summed E-state index contributed by atoms with van der Waals surface area (Å²) in [6, 6.07) is 6.26. The first-order valence-corrected chi connectivity index (χ1v) is 8.26. The fourth-order valence-electron chi connectivity index (χ4n) is 2.15. The molecule has 1 aromatic carbocycles. The van der Waals surface area contributed by atoms with Gasteiger partial charge in [0.1, 0.15) is 0 Å². The summed E-state index contributed by atoms with van der Waals surface area (Å²) in [5, 5.41) is 5.11. The monoisotopic (exact) mass is 322 g/mol. The van der Waals surface area contributed by atoms with Crippen LogP contribution in [0.1, 0.15) is 58.1 Å². The number of rotatable bonds is 5. The quantitative estimate of drug-likeness (QED) is 0.648. The van der Waals surface area contributed by atoms with Crippen LogP contribution in [0.3, 0.4) is 0 Å². The predicted octanol–water partition coefficient (Wildman–Crippen LogP) is 4.26. The van der Waals surface area contributed by atoms with Crippen molar-refractivity contribution in [2.24, 2.45) is 0 Å². The summed E-state index contributed by atoms with van der Waals surface area (Å²) >= 11 is 5.41. The second-order valence-electron chi connectivity index (χ2n) is 5.33. The van der Waals surface area contributed by atoms with Gasteiger partial charge in [-0.15, -0.1) is 0 Å². The molecule has 0 heterocycles. The molecular formula is C17H26N2O2S. The van der Waals surface area contributed by atoms with Crippen molar-refractivity contribution in [3.63, 3.8) is 0 Å². The van der Waals surface area contributed by atoms with Crippen molar-refractivity contribution < 1.29 is 9.63 Å². The van der Waals surface area contributed by atoms with Crippen LogP contribution in [0, 0.1) is 0 Å². The van der Waals surface area contributed by atoms with Gasteiger partial charge in [-0.2, -0.15) is 5.06 Å². The van der Waals surface area contributed by atoms with Gasteiger partial charge in [0, 0.05) is 12.1 Å². The maximum absolute atomic E-state index is 11.5. The zero-order chi connectivity index (χ0) is 16.7. The number of para-hydroxylation sites is 1. The number of aryl methyl sites for hydroxylation is 1. The van der Waals surface area contributed by atoms with Crippen LogP contribution in [-0.4, -0.2) is 22.7 Å². The van der Waals surface area contributed by atoms with Crippen LogP contribution in [0.25, 0.3) is 0 Å². The van der Waals surface area contributed by atoms with Crippen LogP contribution in [0.15, 0.2) is 18.2 Å². The second-order valence-corrected chi connectivity index (χ2v) is 5.72. The van der Waals surface area contributed by atoms with Crippen molar-refractivity contribution in [2.75, 3.05) is 11.9 Å². The SMILES string of the molecule is CCC(=O)ON(CC)C(=S)Nc1c(CC)cccc1C(C)C. The standard InChI is InChI=1S/C17H26N2O2S/c1-6-13-10-9-11-14(12(4)5)16(13)18-17(22)19(8-3)21-15(20)7-2/h9-12H,6-8H2,1-5H3,(H,18,22). The lowest BCUT2D eigenvalue weighted by atomic mass is 9.97. The molecule has 1 aromatic rings. The first-order chi connectivity index (χ1) is 10.4. The Labute approximate surface area is 138 Å². The Hall–Kier alpha value is -1.62. The Morgan fingerprint density at radius 2 is 2.00 bits per heavy atom. The average Bonchev–Trinajstić information content (AvgIpc) is 2.51. The van der Waals surface area contributed by atoms with Crippen LogP contribution >= 0.6 is 12.2 Å². The van der Waals surface area contributed by atoms with Gasteiger partial charge >= 0.3 is 5.97 Å². The van der Waals surface area contributed by atoms with Crippen molar-refractivity contribution in [1.29, 1.82) is 0 Å². The molecule has 0 aliphatic rings. The van der Waals surface area contributed by atoms with Crippen LogP contribution in [0.2, 0.25) is 0 Å². The fourth-order valence-corrected chi connectivity index (χ4v) is 2.42. The third-order valence-corrected chi connectivity index (χ3v) is 3.74. The highest BCUT2D eigenvalue weighted by Gasteiger charge is 2.17. The van der Waals surface area contributed by atoms with E-state index in [9.17, 15) is 4.79 Å². The zero-order valence-corrected chi connectivity index (χ0v) is 14.9. The molecule has 0 radical (unpaired) electrons. The van der Waals surface area contributed by atoms with E-state index in [1.165, 1.54) is 16.2 Å². The average molecular weight is 322 g/mol. The van der Waals surface area contributed by atoms with Gasteiger partial charge in [0.05, 0.1) is 6.54 Å². The topological polar surface area (TPSA) is 41.6 Å². The lowest BCUT2D eigenvalue weighted by Crippen LogP contribution is -2.37. The van der Waals surface area contributed by atoms with Gasteiger partial charge in [0.15, 0.2) is 0 Å². The summed E-state index contributed by atoms with van der Waals surface area (Å²) in [7, 11) is 0. The van der Waals surface area contributed by atoms with Gasteiger partial charge in [-0.1, -0.05) is 45.9 Å². The molecule has 0 amide bonds. The number of benzene rings is 1. The highest BCUT2D eigenvalue weighted by Crippen LogP contribution is 2.28. The zero-order valence-electron chi connectivity index (χ0n) is 14.1. The predicted molar refractivity (Wildman–Crippen MR) is 94.9 cm³/mol. The van der Waals surface area contributed by atoms with Crippen LogP contribution in [0.5, 0.6) is 0 Å². The lowest BCUT2D eigenvalue weighted by Gasteiger charge is -2.25. The third-order valence-electron chi connectivity index (χ3n) is 3.43. The molecule has 0 atom stereocenters. The molecule has 122 valence electrons. The molecular weight excluding hydrogens is 296 g/mol. The van der Waals surface area contributed by atoms with E-state index in [4.69, 9.17) is 17.1 Å². The normalized spacial score (nSPS) is 10.5. The summed E-state index contributed by atoms with van der Waals surface area (Å²) in [5.41, 5.74) is 3.43. The number of thiocarbonyl (C=S) groups is 1. The first-order valence-electron chi connectivity index (χ1n) is 7.85. The smallest absolute Gasteiger partial charge is 0.332 e. The van der Waals surface area contributed by atoms with E-state index in [1.807, 2.05) is 6.92 Å². The molecule has 22 heavy (non-hydrogen) atoms. The number of carbonyl (C=O) groups is 1. The molecule has 4 nitrogen and oxygen atoms in total. The van der Waals surface area contributed by atoms with Crippen molar-refractivity contribution in [2.45, 2.75) is 53.4 Å².